The first-order chi connectivity index (χ1) is 8.59. The van der Waals surface area contributed by atoms with E-state index in [4.69, 9.17) is 15.6 Å². The van der Waals surface area contributed by atoms with Gasteiger partial charge in [0.05, 0.1) is 31.1 Å². The smallest absolute Gasteiger partial charge is 0.305 e. The monoisotopic (exact) mass is 256 g/mol. The lowest BCUT2D eigenvalue weighted by atomic mass is 9.67. The van der Waals surface area contributed by atoms with E-state index < -0.39 is 11.4 Å². The summed E-state index contributed by atoms with van der Waals surface area (Å²) >= 11 is 0. The van der Waals surface area contributed by atoms with E-state index in [9.17, 15) is 9.59 Å². The van der Waals surface area contributed by atoms with E-state index in [0.29, 0.717) is 26.3 Å². The number of aliphatic carboxylic acids is 1. The summed E-state index contributed by atoms with van der Waals surface area (Å²) in [5, 5.41) is 8.88. The molecule has 0 aromatic rings. The molecule has 2 aliphatic rings. The van der Waals surface area contributed by atoms with E-state index >= 15 is 0 Å². The highest BCUT2D eigenvalue weighted by Crippen LogP contribution is 2.42. The Morgan fingerprint density at radius 3 is 2.67 bits per heavy atom. The maximum absolute atomic E-state index is 12.5. The van der Waals surface area contributed by atoms with Gasteiger partial charge >= 0.3 is 5.97 Å². The van der Waals surface area contributed by atoms with Crippen LogP contribution in [-0.4, -0.2) is 54.2 Å². The summed E-state index contributed by atoms with van der Waals surface area (Å²) in [7, 11) is 0. The molecule has 102 valence electrons. The average molecular weight is 256 g/mol. The van der Waals surface area contributed by atoms with Gasteiger partial charge in [0.25, 0.3) is 0 Å². The Balaban J connectivity index is 2.08. The van der Waals surface area contributed by atoms with E-state index in [-0.39, 0.29) is 18.4 Å². The first kappa shape index (κ1) is 13.3. The minimum atomic E-state index is -0.904. The first-order valence-corrected chi connectivity index (χ1v) is 6.40. The third kappa shape index (κ3) is 2.35. The van der Waals surface area contributed by atoms with Crippen molar-refractivity contribution in [1.29, 1.82) is 0 Å². The van der Waals surface area contributed by atoms with Crippen LogP contribution in [-0.2, 0) is 14.3 Å². The Labute approximate surface area is 106 Å². The minimum absolute atomic E-state index is 0.0193. The molecule has 2 fully saturated rings. The van der Waals surface area contributed by atoms with E-state index in [2.05, 4.69) is 0 Å². The lowest BCUT2D eigenvalue weighted by molar-refractivity contribution is -0.158. The van der Waals surface area contributed by atoms with Crippen LogP contribution in [0.25, 0.3) is 0 Å². The van der Waals surface area contributed by atoms with E-state index in [1.165, 1.54) is 0 Å². The quantitative estimate of drug-likeness (QED) is 0.727. The summed E-state index contributed by atoms with van der Waals surface area (Å²) in [6, 6.07) is -0.354. The van der Waals surface area contributed by atoms with Crippen molar-refractivity contribution >= 4 is 11.9 Å². The second-order valence-electron chi connectivity index (χ2n) is 5.16. The molecule has 1 aliphatic carbocycles. The number of hydrogen-bond donors (Lipinski definition) is 2. The summed E-state index contributed by atoms with van der Waals surface area (Å²) in [4.78, 5) is 25.0. The second kappa shape index (κ2) is 5.24. The molecule has 0 aromatic carbocycles. The van der Waals surface area contributed by atoms with Gasteiger partial charge in [0.1, 0.15) is 0 Å². The van der Waals surface area contributed by atoms with Crippen molar-refractivity contribution in [3.63, 3.8) is 0 Å². The fraction of sp³-hybridized carbons (Fsp3) is 0.833. The predicted octanol–water partition coefficient (Wildman–Crippen LogP) is -0.182. The molecule has 1 saturated heterocycles. The van der Waals surface area contributed by atoms with Gasteiger partial charge in [0.2, 0.25) is 5.91 Å². The van der Waals surface area contributed by atoms with Crippen LogP contribution in [0.1, 0.15) is 25.7 Å². The molecular weight excluding hydrogens is 236 g/mol. The number of amides is 1. The lowest BCUT2D eigenvalue weighted by Gasteiger charge is -2.46. The van der Waals surface area contributed by atoms with Gasteiger partial charge in [-0.3, -0.25) is 9.59 Å². The molecule has 6 nitrogen and oxygen atoms in total. The number of nitrogens with zero attached hydrogens (tertiary/aromatic N) is 1. The van der Waals surface area contributed by atoms with Gasteiger partial charge in [-0.1, -0.05) is 6.42 Å². The largest absolute Gasteiger partial charge is 0.481 e. The second-order valence-corrected chi connectivity index (χ2v) is 5.16. The molecule has 1 saturated carbocycles. The highest BCUT2D eigenvalue weighted by molar-refractivity contribution is 5.85. The highest BCUT2D eigenvalue weighted by Gasteiger charge is 2.47. The number of rotatable bonds is 4. The molecule has 1 unspecified atom stereocenters. The topological polar surface area (TPSA) is 92.9 Å². The summed E-state index contributed by atoms with van der Waals surface area (Å²) in [6.07, 6.45) is 2.60. The number of hydrogen-bond acceptors (Lipinski definition) is 4. The summed E-state index contributed by atoms with van der Waals surface area (Å²) < 4.78 is 5.27. The zero-order valence-corrected chi connectivity index (χ0v) is 10.4. The van der Waals surface area contributed by atoms with Crippen LogP contribution in [0.3, 0.4) is 0 Å². The number of carbonyl (C=O) groups excluding carboxylic acids is 1. The van der Waals surface area contributed by atoms with Gasteiger partial charge in [0.15, 0.2) is 0 Å². The van der Waals surface area contributed by atoms with E-state index in [0.717, 1.165) is 19.3 Å². The van der Waals surface area contributed by atoms with Crippen LogP contribution in [0.5, 0.6) is 0 Å². The SMILES string of the molecule is NCC1(C(=O)N2CCOCC2CC(=O)O)CCC1. The summed E-state index contributed by atoms with van der Waals surface area (Å²) in [5.41, 5.74) is 5.29. The molecule has 6 heteroatoms. The van der Waals surface area contributed by atoms with Crippen molar-refractivity contribution in [1.82, 2.24) is 4.90 Å². The Morgan fingerprint density at radius 1 is 1.44 bits per heavy atom. The summed E-state index contributed by atoms with van der Waals surface area (Å²) in [5.74, 6) is -0.885. The molecule has 0 aromatic heterocycles. The zero-order valence-electron chi connectivity index (χ0n) is 10.4. The number of carboxylic acid groups (broad SMARTS) is 1. The van der Waals surface area contributed by atoms with Crippen molar-refractivity contribution in [3.8, 4) is 0 Å². The Bertz CT molecular complexity index is 335. The molecule has 1 amide bonds. The van der Waals surface area contributed by atoms with E-state index in [1.807, 2.05) is 0 Å². The summed E-state index contributed by atoms with van der Waals surface area (Å²) in [6.45, 7) is 1.60. The molecule has 1 atom stereocenters. The van der Waals surface area contributed by atoms with Gasteiger partial charge in [-0.15, -0.1) is 0 Å². The van der Waals surface area contributed by atoms with Crippen LogP contribution >= 0.6 is 0 Å². The van der Waals surface area contributed by atoms with Gasteiger partial charge in [-0.25, -0.2) is 0 Å². The molecular formula is C12H20N2O4. The fourth-order valence-corrected chi connectivity index (χ4v) is 2.71. The Hall–Kier alpha value is -1.14. The van der Waals surface area contributed by atoms with Crippen molar-refractivity contribution in [3.05, 3.63) is 0 Å². The van der Waals surface area contributed by atoms with Crippen molar-refractivity contribution in [2.24, 2.45) is 11.1 Å². The molecule has 0 bridgehead atoms. The molecule has 1 heterocycles. The molecule has 0 spiro atoms. The Morgan fingerprint density at radius 2 is 2.17 bits per heavy atom. The average Bonchev–Trinajstić information content (AvgIpc) is 2.28. The van der Waals surface area contributed by atoms with Gasteiger partial charge < -0.3 is 20.5 Å². The highest BCUT2D eigenvalue weighted by atomic mass is 16.5. The standard InChI is InChI=1S/C12H20N2O4/c13-8-12(2-1-3-12)11(17)14-4-5-18-7-9(14)6-10(15)16/h9H,1-8,13H2,(H,15,16). The molecule has 3 N–H and O–H groups in total. The maximum atomic E-state index is 12.5. The number of carboxylic acids is 1. The number of morpholine rings is 1. The molecule has 0 radical (unpaired) electrons. The number of carbonyl (C=O) groups is 2. The maximum Gasteiger partial charge on any atom is 0.305 e. The van der Waals surface area contributed by atoms with Crippen LogP contribution in [0, 0.1) is 5.41 Å². The van der Waals surface area contributed by atoms with Crippen LogP contribution in [0.4, 0.5) is 0 Å². The first-order valence-electron chi connectivity index (χ1n) is 6.40. The normalized spacial score (nSPS) is 26.5. The van der Waals surface area contributed by atoms with Gasteiger partial charge in [0, 0.05) is 13.1 Å². The van der Waals surface area contributed by atoms with Crippen LogP contribution in [0.2, 0.25) is 0 Å². The van der Waals surface area contributed by atoms with Crippen LogP contribution < -0.4 is 5.73 Å². The van der Waals surface area contributed by atoms with Gasteiger partial charge in [-0.2, -0.15) is 0 Å². The predicted molar refractivity (Wildman–Crippen MR) is 63.9 cm³/mol. The van der Waals surface area contributed by atoms with Crippen molar-refractivity contribution < 1.29 is 19.4 Å². The number of ether oxygens (including phenoxy) is 1. The Kier molecular flexibility index (Phi) is 3.87. The third-order valence-electron chi connectivity index (χ3n) is 4.05. The third-order valence-corrected chi connectivity index (χ3v) is 4.05. The fourth-order valence-electron chi connectivity index (χ4n) is 2.71. The zero-order chi connectivity index (χ0) is 13.2. The minimum Gasteiger partial charge on any atom is -0.481 e. The molecule has 1 aliphatic heterocycles. The van der Waals surface area contributed by atoms with Crippen LogP contribution in [0.15, 0.2) is 0 Å². The molecule has 2 rings (SSSR count). The van der Waals surface area contributed by atoms with Crippen molar-refractivity contribution in [2.75, 3.05) is 26.3 Å². The van der Waals surface area contributed by atoms with E-state index in [1.54, 1.807) is 4.90 Å². The lowest BCUT2D eigenvalue weighted by Crippen LogP contribution is -2.58. The molecule has 18 heavy (non-hydrogen) atoms. The van der Waals surface area contributed by atoms with Gasteiger partial charge in [-0.05, 0) is 12.8 Å². The van der Waals surface area contributed by atoms with Crippen molar-refractivity contribution in [2.45, 2.75) is 31.7 Å². The number of nitrogens with two attached hydrogens (primary N) is 1.